The summed E-state index contributed by atoms with van der Waals surface area (Å²) >= 11 is 0. The summed E-state index contributed by atoms with van der Waals surface area (Å²) in [5, 5.41) is 0. The van der Waals surface area contributed by atoms with Gasteiger partial charge >= 0.3 is 0 Å². The van der Waals surface area contributed by atoms with Gasteiger partial charge in [0, 0.05) is 12.3 Å². The molecule has 20 heavy (non-hydrogen) atoms. The Bertz CT molecular complexity index is 635. The zero-order valence-electron chi connectivity index (χ0n) is 11.3. The second-order valence-electron chi connectivity index (χ2n) is 5.45. The van der Waals surface area contributed by atoms with Crippen molar-refractivity contribution < 1.29 is 9.47 Å². The van der Waals surface area contributed by atoms with Crippen LogP contribution in [0.25, 0.3) is 11.1 Å². The van der Waals surface area contributed by atoms with Crippen LogP contribution in [-0.2, 0) is 17.8 Å². The molecule has 0 N–H and O–H groups in total. The summed E-state index contributed by atoms with van der Waals surface area (Å²) in [6, 6.07) is 10.6. The summed E-state index contributed by atoms with van der Waals surface area (Å²) in [6.45, 7) is 1.53. The molecular weight excluding hydrogens is 250 g/mol. The number of hydrogen-bond acceptors (Lipinski definition) is 3. The van der Waals surface area contributed by atoms with E-state index < -0.39 is 0 Å². The van der Waals surface area contributed by atoms with E-state index in [2.05, 4.69) is 35.3 Å². The van der Waals surface area contributed by atoms with Gasteiger partial charge in [-0.3, -0.25) is 0 Å². The summed E-state index contributed by atoms with van der Waals surface area (Å²) in [7, 11) is 0. The summed E-state index contributed by atoms with van der Waals surface area (Å²) in [4.78, 5) is 4.31. The second-order valence-corrected chi connectivity index (χ2v) is 5.45. The Hall–Kier alpha value is -1.87. The highest BCUT2D eigenvalue weighted by atomic mass is 16.5. The van der Waals surface area contributed by atoms with Crippen molar-refractivity contribution in [2.75, 3.05) is 6.61 Å². The van der Waals surface area contributed by atoms with Crippen LogP contribution in [0.4, 0.5) is 0 Å². The van der Waals surface area contributed by atoms with Gasteiger partial charge in [0.1, 0.15) is 6.10 Å². The molecule has 2 heterocycles. The van der Waals surface area contributed by atoms with Gasteiger partial charge < -0.3 is 9.47 Å². The summed E-state index contributed by atoms with van der Waals surface area (Å²) < 4.78 is 11.3. The number of aromatic nitrogens is 1. The Kier molecular flexibility index (Phi) is 2.92. The van der Waals surface area contributed by atoms with Crippen molar-refractivity contribution >= 4 is 0 Å². The van der Waals surface area contributed by atoms with Gasteiger partial charge in [0.2, 0.25) is 5.88 Å². The quantitative estimate of drug-likeness (QED) is 0.854. The number of ether oxygens (including phenoxy) is 2. The van der Waals surface area contributed by atoms with Gasteiger partial charge in [-0.05, 0) is 47.6 Å². The number of benzene rings is 1. The molecule has 2 aliphatic rings. The highest BCUT2D eigenvalue weighted by Crippen LogP contribution is 2.32. The molecule has 102 valence electrons. The number of pyridine rings is 1. The highest BCUT2D eigenvalue weighted by molar-refractivity contribution is 5.69. The minimum atomic E-state index is 0.385. The maximum Gasteiger partial charge on any atom is 0.214 e. The van der Waals surface area contributed by atoms with Crippen LogP contribution in [0.5, 0.6) is 5.88 Å². The van der Waals surface area contributed by atoms with E-state index in [0.717, 1.165) is 38.4 Å². The average Bonchev–Trinajstić information content (AvgIpc) is 3.31. The van der Waals surface area contributed by atoms with Crippen LogP contribution in [-0.4, -0.2) is 17.7 Å². The lowest BCUT2D eigenvalue weighted by Crippen LogP contribution is -2.10. The predicted molar refractivity (Wildman–Crippen MR) is 76.7 cm³/mol. The van der Waals surface area contributed by atoms with Crippen molar-refractivity contribution in [3.63, 3.8) is 0 Å². The van der Waals surface area contributed by atoms with E-state index in [4.69, 9.17) is 9.47 Å². The van der Waals surface area contributed by atoms with Gasteiger partial charge in [0.05, 0.1) is 13.2 Å². The summed E-state index contributed by atoms with van der Waals surface area (Å²) in [5.74, 6) is 0.745. The lowest BCUT2D eigenvalue weighted by Gasteiger charge is -2.20. The van der Waals surface area contributed by atoms with Crippen LogP contribution in [0.2, 0.25) is 0 Å². The molecule has 1 aromatic carbocycles. The van der Waals surface area contributed by atoms with Gasteiger partial charge in [-0.2, -0.15) is 0 Å². The van der Waals surface area contributed by atoms with E-state index in [1.165, 1.54) is 22.3 Å². The maximum atomic E-state index is 5.80. The Morgan fingerprint density at radius 3 is 3.05 bits per heavy atom. The van der Waals surface area contributed by atoms with Gasteiger partial charge in [-0.1, -0.05) is 18.2 Å². The SMILES string of the molecule is c1cc2c(c(-c3ccnc(OC4CC4)c3)c1)CCOC2. The molecule has 1 aromatic heterocycles. The number of fused-ring (bicyclic) bond motifs is 1. The van der Waals surface area contributed by atoms with Crippen molar-refractivity contribution in [2.24, 2.45) is 0 Å². The van der Waals surface area contributed by atoms with Crippen LogP contribution in [0.1, 0.15) is 24.0 Å². The third-order valence-electron chi connectivity index (χ3n) is 3.88. The Morgan fingerprint density at radius 1 is 1.20 bits per heavy atom. The van der Waals surface area contributed by atoms with Crippen molar-refractivity contribution in [2.45, 2.75) is 32.0 Å². The monoisotopic (exact) mass is 267 g/mol. The summed E-state index contributed by atoms with van der Waals surface area (Å²) in [6.07, 6.45) is 5.52. The topological polar surface area (TPSA) is 31.4 Å². The zero-order valence-corrected chi connectivity index (χ0v) is 11.3. The first-order valence-corrected chi connectivity index (χ1v) is 7.22. The van der Waals surface area contributed by atoms with Crippen LogP contribution in [0.15, 0.2) is 36.5 Å². The van der Waals surface area contributed by atoms with E-state index in [1.807, 2.05) is 6.20 Å². The number of nitrogens with zero attached hydrogens (tertiary/aromatic N) is 1. The standard InChI is InChI=1S/C17H17NO2/c1-2-13-11-19-9-7-16(13)15(3-1)12-6-8-18-17(10-12)20-14-4-5-14/h1-3,6,8,10,14H,4-5,7,9,11H2. The van der Waals surface area contributed by atoms with Crippen LogP contribution in [0, 0.1) is 0 Å². The third-order valence-corrected chi connectivity index (χ3v) is 3.88. The molecule has 0 spiro atoms. The van der Waals surface area contributed by atoms with Crippen LogP contribution < -0.4 is 4.74 Å². The summed E-state index contributed by atoms with van der Waals surface area (Å²) in [5.41, 5.74) is 5.18. The molecule has 3 nitrogen and oxygen atoms in total. The molecule has 1 aliphatic carbocycles. The average molecular weight is 267 g/mol. The first-order chi connectivity index (χ1) is 9.90. The predicted octanol–water partition coefficient (Wildman–Crippen LogP) is 3.36. The fourth-order valence-corrected chi connectivity index (χ4v) is 2.69. The zero-order chi connectivity index (χ0) is 13.4. The second kappa shape index (κ2) is 4.91. The molecule has 0 bridgehead atoms. The third kappa shape index (κ3) is 2.29. The first kappa shape index (κ1) is 11.9. The van der Waals surface area contributed by atoms with Gasteiger partial charge in [-0.25, -0.2) is 4.98 Å². The maximum absolute atomic E-state index is 5.80. The minimum Gasteiger partial charge on any atom is -0.474 e. The van der Waals surface area contributed by atoms with E-state index in [0.29, 0.717) is 6.10 Å². The highest BCUT2D eigenvalue weighted by Gasteiger charge is 2.24. The van der Waals surface area contributed by atoms with Gasteiger partial charge in [-0.15, -0.1) is 0 Å². The van der Waals surface area contributed by atoms with Crippen molar-refractivity contribution in [1.82, 2.24) is 4.98 Å². The van der Waals surface area contributed by atoms with E-state index in [-0.39, 0.29) is 0 Å². The Morgan fingerprint density at radius 2 is 2.15 bits per heavy atom. The van der Waals surface area contributed by atoms with Crippen molar-refractivity contribution in [3.8, 4) is 17.0 Å². The van der Waals surface area contributed by atoms with Crippen molar-refractivity contribution in [1.29, 1.82) is 0 Å². The molecule has 0 atom stereocenters. The smallest absolute Gasteiger partial charge is 0.214 e. The van der Waals surface area contributed by atoms with E-state index >= 15 is 0 Å². The minimum absolute atomic E-state index is 0.385. The lowest BCUT2D eigenvalue weighted by molar-refractivity contribution is 0.111. The van der Waals surface area contributed by atoms with Crippen LogP contribution >= 0.6 is 0 Å². The fourth-order valence-electron chi connectivity index (χ4n) is 2.69. The molecule has 0 radical (unpaired) electrons. The normalized spacial score (nSPS) is 17.6. The Balaban J connectivity index is 1.72. The number of rotatable bonds is 3. The fraction of sp³-hybridized carbons (Fsp3) is 0.353. The molecular formula is C17H17NO2. The van der Waals surface area contributed by atoms with E-state index in [9.17, 15) is 0 Å². The molecule has 0 unspecified atom stereocenters. The molecule has 4 rings (SSSR count). The molecule has 0 amide bonds. The largest absolute Gasteiger partial charge is 0.474 e. The van der Waals surface area contributed by atoms with E-state index in [1.54, 1.807) is 0 Å². The lowest BCUT2D eigenvalue weighted by atomic mass is 9.93. The van der Waals surface area contributed by atoms with Gasteiger partial charge in [0.15, 0.2) is 0 Å². The number of hydrogen-bond donors (Lipinski definition) is 0. The first-order valence-electron chi connectivity index (χ1n) is 7.22. The molecule has 2 aromatic rings. The van der Waals surface area contributed by atoms with Gasteiger partial charge in [0.25, 0.3) is 0 Å². The molecule has 1 fully saturated rings. The Labute approximate surface area is 118 Å². The van der Waals surface area contributed by atoms with Crippen LogP contribution in [0.3, 0.4) is 0 Å². The molecule has 1 aliphatic heterocycles. The molecule has 1 saturated carbocycles. The molecule has 3 heteroatoms. The van der Waals surface area contributed by atoms with Crippen molar-refractivity contribution in [3.05, 3.63) is 47.7 Å². The molecule has 0 saturated heterocycles.